The van der Waals surface area contributed by atoms with Gasteiger partial charge in [-0.15, -0.1) is 0 Å². The fourth-order valence-electron chi connectivity index (χ4n) is 3.42. The molecule has 0 fully saturated rings. The molecule has 1 atom stereocenters. The van der Waals surface area contributed by atoms with E-state index in [9.17, 15) is 14.4 Å². The number of carbonyl (C=O) groups excluding carboxylic acids is 2. The number of carbonyl (C=O) groups is 3. The Morgan fingerprint density at radius 1 is 1.12 bits per heavy atom. The normalized spacial score (nSPS) is 11.7. The van der Waals surface area contributed by atoms with Gasteiger partial charge < -0.3 is 29.8 Å². The first-order chi connectivity index (χ1) is 16.4. The molecule has 0 saturated carbocycles. The van der Waals surface area contributed by atoms with Gasteiger partial charge in [-0.05, 0) is 29.3 Å². The molecular weight excluding hydrogens is 454 g/mol. The summed E-state index contributed by atoms with van der Waals surface area (Å²) in [7, 11) is 0.235. The minimum atomic E-state index is -1.23. The largest absolute Gasteiger partial charge is 0.465 e. The standard InChI is InChI=1S/C24H33N3O6Si/c1-3-32-13-12-27(16-19-10-7-9-18-8-5-6-11-21(18)19)23(29)15-25-22(28)14-20(26-24(30)31)17-33-34-4-2/h5-11,20,26H,3-4,12-17H2,1-2H3,(H,25,28)(H,30,31). The van der Waals surface area contributed by atoms with Gasteiger partial charge >= 0.3 is 6.09 Å². The van der Waals surface area contributed by atoms with Crippen LogP contribution in [0.3, 0.4) is 0 Å². The van der Waals surface area contributed by atoms with Gasteiger partial charge in [0.25, 0.3) is 0 Å². The summed E-state index contributed by atoms with van der Waals surface area (Å²) in [6, 6.07) is 14.1. The Morgan fingerprint density at radius 2 is 1.88 bits per heavy atom. The molecule has 0 bridgehead atoms. The molecule has 2 rings (SSSR count). The first kappa shape index (κ1) is 27.3. The second-order valence-corrected chi connectivity index (χ2v) is 8.87. The number of benzene rings is 2. The van der Waals surface area contributed by atoms with Crippen molar-refractivity contribution in [3.63, 3.8) is 0 Å². The number of rotatable bonds is 15. The van der Waals surface area contributed by atoms with Gasteiger partial charge in [0.05, 0.1) is 25.8 Å². The van der Waals surface area contributed by atoms with Crippen molar-refractivity contribution in [3.05, 3.63) is 48.0 Å². The van der Waals surface area contributed by atoms with Gasteiger partial charge in [0.1, 0.15) is 0 Å². The first-order valence-electron chi connectivity index (χ1n) is 11.4. The van der Waals surface area contributed by atoms with Crippen molar-refractivity contribution in [2.45, 2.75) is 38.9 Å². The Labute approximate surface area is 202 Å². The van der Waals surface area contributed by atoms with Gasteiger partial charge in [0.2, 0.25) is 21.6 Å². The minimum Gasteiger partial charge on any atom is -0.465 e. The molecule has 9 nitrogen and oxygen atoms in total. The highest BCUT2D eigenvalue weighted by Gasteiger charge is 2.19. The average Bonchev–Trinajstić information content (AvgIpc) is 2.82. The molecule has 0 aliphatic carbocycles. The molecule has 2 radical (unpaired) electrons. The molecular formula is C24H33N3O6Si. The van der Waals surface area contributed by atoms with E-state index in [0.29, 0.717) is 26.3 Å². The molecule has 0 heterocycles. The Balaban J connectivity index is 1.99. The Kier molecular flexibility index (Phi) is 12.1. The van der Waals surface area contributed by atoms with Gasteiger partial charge in [-0.2, -0.15) is 0 Å². The van der Waals surface area contributed by atoms with Crippen LogP contribution in [-0.2, 0) is 25.3 Å². The lowest BCUT2D eigenvalue weighted by Crippen LogP contribution is -2.45. The lowest BCUT2D eigenvalue weighted by molar-refractivity contribution is -0.134. The van der Waals surface area contributed by atoms with E-state index < -0.39 is 18.0 Å². The smallest absolute Gasteiger partial charge is 0.404 e. The van der Waals surface area contributed by atoms with Crippen molar-refractivity contribution >= 4 is 38.4 Å². The van der Waals surface area contributed by atoms with Crippen molar-refractivity contribution in [1.82, 2.24) is 15.5 Å². The van der Waals surface area contributed by atoms with Crippen molar-refractivity contribution in [1.29, 1.82) is 0 Å². The summed E-state index contributed by atoms with van der Waals surface area (Å²) in [4.78, 5) is 38.0. The summed E-state index contributed by atoms with van der Waals surface area (Å²) in [5, 5.41) is 16.1. The maximum absolute atomic E-state index is 13.0. The number of carboxylic acid groups (broad SMARTS) is 1. The first-order valence-corrected chi connectivity index (χ1v) is 12.5. The number of hydrogen-bond donors (Lipinski definition) is 3. The summed E-state index contributed by atoms with van der Waals surface area (Å²) >= 11 is 0. The molecule has 0 aliphatic rings. The second-order valence-electron chi connectivity index (χ2n) is 7.59. The maximum atomic E-state index is 13.0. The third-order valence-corrected chi connectivity index (χ3v) is 5.69. The highest BCUT2D eigenvalue weighted by Crippen LogP contribution is 2.20. The quantitative estimate of drug-likeness (QED) is 0.262. The SMILES string of the molecule is CCOCCN(Cc1cccc2ccccc12)C(=O)CNC(=O)CC(CO[Si]CC)NC(=O)O. The zero-order valence-electron chi connectivity index (χ0n) is 19.7. The molecule has 3 N–H and O–H groups in total. The van der Waals surface area contributed by atoms with Crippen molar-refractivity contribution < 1.29 is 28.7 Å². The van der Waals surface area contributed by atoms with Crippen LogP contribution in [0.15, 0.2) is 42.5 Å². The van der Waals surface area contributed by atoms with Crippen molar-refractivity contribution in [2.24, 2.45) is 0 Å². The summed E-state index contributed by atoms with van der Waals surface area (Å²) in [6.07, 6.45) is -1.34. The number of ether oxygens (including phenoxy) is 1. The second kappa shape index (κ2) is 15.0. The highest BCUT2D eigenvalue weighted by molar-refractivity contribution is 6.26. The summed E-state index contributed by atoms with van der Waals surface area (Å²) in [5.74, 6) is -0.669. The zero-order chi connectivity index (χ0) is 24.8. The predicted molar refractivity (Wildman–Crippen MR) is 131 cm³/mol. The zero-order valence-corrected chi connectivity index (χ0v) is 20.7. The van der Waals surface area contributed by atoms with Gasteiger partial charge in [0, 0.05) is 26.1 Å². The van der Waals surface area contributed by atoms with E-state index in [4.69, 9.17) is 14.3 Å². The van der Waals surface area contributed by atoms with Crippen LogP contribution in [0.4, 0.5) is 4.79 Å². The van der Waals surface area contributed by atoms with E-state index in [1.807, 2.05) is 56.3 Å². The Hall–Kier alpha value is -2.95. The van der Waals surface area contributed by atoms with Crippen LogP contribution in [0.2, 0.25) is 6.04 Å². The minimum absolute atomic E-state index is 0.0987. The van der Waals surface area contributed by atoms with Gasteiger partial charge in [0.15, 0.2) is 0 Å². The fraction of sp³-hybridized carbons (Fsp3) is 0.458. The number of nitrogens with zero attached hydrogens (tertiary/aromatic N) is 1. The maximum Gasteiger partial charge on any atom is 0.404 e. The third kappa shape index (κ3) is 9.50. The number of fused-ring (bicyclic) bond motifs is 1. The average molecular weight is 488 g/mol. The predicted octanol–water partition coefficient (Wildman–Crippen LogP) is 2.42. The molecule has 2 aromatic rings. The van der Waals surface area contributed by atoms with Gasteiger partial charge in [-0.25, -0.2) is 4.79 Å². The van der Waals surface area contributed by atoms with Crippen LogP contribution in [0.1, 0.15) is 25.8 Å². The van der Waals surface area contributed by atoms with Crippen LogP contribution in [0.25, 0.3) is 10.8 Å². The summed E-state index contributed by atoms with van der Waals surface area (Å²) in [5.41, 5.74) is 1.01. The van der Waals surface area contributed by atoms with E-state index >= 15 is 0 Å². The Bertz CT molecular complexity index is 937. The van der Waals surface area contributed by atoms with Crippen LogP contribution in [0.5, 0.6) is 0 Å². The van der Waals surface area contributed by atoms with E-state index in [0.717, 1.165) is 22.4 Å². The van der Waals surface area contributed by atoms with Gasteiger partial charge in [-0.1, -0.05) is 49.4 Å². The number of amides is 3. The highest BCUT2D eigenvalue weighted by atomic mass is 28.2. The lowest BCUT2D eigenvalue weighted by Gasteiger charge is -2.24. The topological polar surface area (TPSA) is 117 Å². The van der Waals surface area contributed by atoms with Crippen LogP contribution < -0.4 is 10.6 Å². The van der Waals surface area contributed by atoms with Crippen LogP contribution in [0, 0.1) is 0 Å². The molecule has 2 aromatic carbocycles. The molecule has 34 heavy (non-hydrogen) atoms. The number of hydrogen-bond acceptors (Lipinski definition) is 5. The molecule has 0 saturated heterocycles. The fourth-order valence-corrected chi connectivity index (χ4v) is 3.94. The van der Waals surface area contributed by atoms with Crippen LogP contribution >= 0.6 is 0 Å². The summed E-state index contributed by atoms with van der Waals surface area (Å²) < 4.78 is 10.8. The molecule has 184 valence electrons. The molecule has 1 unspecified atom stereocenters. The van der Waals surface area contributed by atoms with E-state index in [1.165, 1.54) is 0 Å². The summed E-state index contributed by atoms with van der Waals surface area (Å²) in [6.45, 7) is 5.47. The van der Waals surface area contributed by atoms with Crippen molar-refractivity contribution in [2.75, 3.05) is 32.9 Å². The lowest BCUT2D eigenvalue weighted by atomic mass is 10.0. The van der Waals surface area contributed by atoms with E-state index in [1.54, 1.807) is 4.90 Å². The monoisotopic (exact) mass is 487 g/mol. The molecule has 0 aromatic heterocycles. The molecule has 0 aliphatic heterocycles. The van der Waals surface area contributed by atoms with Gasteiger partial charge in [-0.3, -0.25) is 9.59 Å². The molecule has 10 heteroatoms. The van der Waals surface area contributed by atoms with Crippen molar-refractivity contribution in [3.8, 4) is 0 Å². The van der Waals surface area contributed by atoms with E-state index in [2.05, 4.69) is 10.6 Å². The van der Waals surface area contributed by atoms with Crippen LogP contribution in [-0.4, -0.2) is 76.6 Å². The Morgan fingerprint density at radius 3 is 2.62 bits per heavy atom. The molecule has 3 amide bonds. The number of nitrogens with one attached hydrogen (secondary N) is 2. The third-order valence-electron chi connectivity index (χ3n) is 5.03. The van der Waals surface area contributed by atoms with E-state index in [-0.39, 0.29) is 35.2 Å². The molecule has 0 spiro atoms.